The van der Waals surface area contributed by atoms with Gasteiger partial charge in [0, 0.05) is 11.7 Å². The lowest BCUT2D eigenvalue weighted by Crippen LogP contribution is -2.39. The Bertz CT molecular complexity index is 455. The van der Waals surface area contributed by atoms with Crippen LogP contribution in [0.15, 0.2) is 24.3 Å². The fourth-order valence-corrected chi connectivity index (χ4v) is 1.77. The van der Waals surface area contributed by atoms with E-state index in [9.17, 15) is 9.59 Å². The van der Waals surface area contributed by atoms with Crippen molar-refractivity contribution < 1.29 is 9.59 Å². The van der Waals surface area contributed by atoms with Gasteiger partial charge in [-0.15, -0.1) is 0 Å². The van der Waals surface area contributed by atoms with Crippen LogP contribution >= 0.6 is 0 Å². The lowest BCUT2D eigenvalue weighted by atomic mass is 9.97. The molecule has 2 N–H and O–H groups in total. The highest BCUT2D eigenvalue weighted by Gasteiger charge is 2.17. The Hall–Kier alpha value is -1.84. The standard InChI is InChI=1S/C15H22N2O2/c1-5-11(4)12-8-6-7-9-13(12)17-15(19)14(18)16-10(2)3/h6-11H,5H2,1-4H3,(H,16,18)(H,17,19). The Labute approximate surface area is 114 Å². The summed E-state index contributed by atoms with van der Waals surface area (Å²) in [5.74, 6) is -0.886. The summed E-state index contributed by atoms with van der Waals surface area (Å²) in [6.07, 6.45) is 0.977. The molecule has 0 fully saturated rings. The molecule has 2 amide bonds. The van der Waals surface area contributed by atoms with Crippen molar-refractivity contribution in [1.82, 2.24) is 5.32 Å². The smallest absolute Gasteiger partial charge is 0.313 e. The third-order valence-electron chi connectivity index (χ3n) is 2.98. The number of amides is 2. The van der Waals surface area contributed by atoms with E-state index in [2.05, 4.69) is 24.5 Å². The molecule has 1 aromatic rings. The minimum absolute atomic E-state index is 0.0527. The highest BCUT2D eigenvalue weighted by molar-refractivity contribution is 6.39. The molecule has 0 spiro atoms. The first-order valence-electron chi connectivity index (χ1n) is 6.66. The Morgan fingerprint density at radius 3 is 2.32 bits per heavy atom. The molecule has 0 bridgehead atoms. The van der Waals surface area contributed by atoms with Gasteiger partial charge in [-0.25, -0.2) is 0 Å². The van der Waals surface area contributed by atoms with Crippen LogP contribution in [0.5, 0.6) is 0 Å². The van der Waals surface area contributed by atoms with Crippen LogP contribution in [0, 0.1) is 0 Å². The molecule has 1 rings (SSSR count). The molecule has 1 atom stereocenters. The number of benzene rings is 1. The van der Waals surface area contributed by atoms with Gasteiger partial charge in [-0.05, 0) is 37.8 Å². The maximum absolute atomic E-state index is 11.8. The van der Waals surface area contributed by atoms with E-state index in [-0.39, 0.29) is 6.04 Å². The van der Waals surface area contributed by atoms with Crippen molar-refractivity contribution in [2.45, 2.75) is 46.1 Å². The maximum atomic E-state index is 11.8. The molecule has 1 unspecified atom stereocenters. The van der Waals surface area contributed by atoms with Crippen molar-refractivity contribution >= 4 is 17.5 Å². The molecule has 0 aliphatic rings. The predicted molar refractivity (Wildman–Crippen MR) is 77.1 cm³/mol. The van der Waals surface area contributed by atoms with Crippen LogP contribution in [0.4, 0.5) is 5.69 Å². The van der Waals surface area contributed by atoms with E-state index in [1.165, 1.54) is 0 Å². The highest BCUT2D eigenvalue weighted by atomic mass is 16.2. The monoisotopic (exact) mass is 262 g/mol. The number of anilines is 1. The van der Waals surface area contributed by atoms with E-state index in [0.717, 1.165) is 12.0 Å². The highest BCUT2D eigenvalue weighted by Crippen LogP contribution is 2.26. The van der Waals surface area contributed by atoms with Crippen LogP contribution in [0.1, 0.15) is 45.6 Å². The van der Waals surface area contributed by atoms with Gasteiger partial charge >= 0.3 is 11.8 Å². The van der Waals surface area contributed by atoms with Crippen molar-refractivity contribution in [1.29, 1.82) is 0 Å². The lowest BCUT2D eigenvalue weighted by Gasteiger charge is -2.15. The fourth-order valence-electron chi connectivity index (χ4n) is 1.77. The number of para-hydroxylation sites is 1. The number of hydrogen-bond donors (Lipinski definition) is 2. The van der Waals surface area contributed by atoms with Gasteiger partial charge in [-0.2, -0.15) is 0 Å². The van der Waals surface area contributed by atoms with Gasteiger partial charge in [0.15, 0.2) is 0 Å². The Morgan fingerprint density at radius 1 is 1.11 bits per heavy atom. The Morgan fingerprint density at radius 2 is 1.74 bits per heavy atom. The van der Waals surface area contributed by atoms with Crippen molar-refractivity contribution in [3.63, 3.8) is 0 Å². The van der Waals surface area contributed by atoms with Gasteiger partial charge in [0.2, 0.25) is 0 Å². The van der Waals surface area contributed by atoms with E-state index in [1.807, 2.05) is 38.1 Å². The molecule has 0 radical (unpaired) electrons. The number of nitrogens with one attached hydrogen (secondary N) is 2. The largest absolute Gasteiger partial charge is 0.346 e. The molecule has 0 heterocycles. The van der Waals surface area contributed by atoms with Crippen LogP contribution in [0.3, 0.4) is 0 Å². The summed E-state index contributed by atoms with van der Waals surface area (Å²) >= 11 is 0. The minimum atomic E-state index is -0.621. The van der Waals surface area contributed by atoms with E-state index in [4.69, 9.17) is 0 Å². The van der Waals surface area contributed by atoms with Crippen LogP contribution in [0.2, 0.25) is 0 Å². The first kappa shape index (κ1) is 15.2. The maximum Gasteiger partial charge on any atom is 0.313 e. The molecule has 0 saturated carbocycles. The second-order valence-corrected chi connectivity index (χ2v) is 4.98. The first-order valence-corrected chi connectivity index (χ1v) is 6.66. The fraction of sp³-hybridized carbons (Fsp3) is 0.467. The molecule has 1 aromatic carbocycles. The summed E-state index contributed by atoms with van der Waals surface area (Å²) < 4.78 is 0. The molecule has 4 nitrogen and oxygen atoms in total. The molecule has 4 heteroatoms. The molecular formula is C15H22N2O2. The zero-order valence-corrected chi connectivity index (χ0v) is 12.0. The topological polar surface area (TPSA) is 58.2 Å². The lowest BCUT2D eigenvalue weighted by molar-refractivity contribution is -0.136. The molecular weight excluding hydrogens is 240 g/mol. The predicted octanol–water partition coefficient (Wildman–Crippen LogP) is 2.66. The van der Waals surface area contributed by atoms with E-state index < -0.39 is 11.8 Å². The summed E-state index contributed by atoms with van der Waals surface area (Å²) in [7, 11) is 0. The number of rotatable bonds is 4. The van der Waals surface area contributed by atoms with Crippen LogP contribution in [0.25, 0.3) is 0 Å². The van der Waals surface area contributed by atoms with Gasteiger partial charge in [0.05, 0.1) is 0 Å². The molecule has 0 aromatic heterocycles. The molecule has 0 aliphatic carbocycles. The summed E-state index contributed by atoms with van der Waals surface area (Å²) in [4.78, 5) is 23.4. The molecule has 0 saturated heterocycles. The van der Waals surface area contributed by atoms with Crippen molar-refractivity contribution in [3.05, 3.63) is 29.8 Å². The Balaban J connectivity index is 2.82. The van der Waals surface area contributed by atoms with Crippen LogP contribution in [-0.4, -0.2) is 17.9 Å². The number of hydrogen-bond acceptors (Lipinski definition) is 2. The van der Waals surface area contributed by atoms with Gasteiger partial charge in [-0.1, -0.05) is 32.0 Å². The average Bonchev–Trinajstić information content (AvgIpc) is 2.37. The average molecular weight is 262 g/mol. The van der Waals surface area contributed by atoms with Crippen molar-refractivity contribution in [3.8, 4) is 0 Å². The second kappa shape index (κ2) is 6.92. The molecule has 104 valence electrons. The third kappa shape index (κ3) is 4.39. The molecule has 0 aliphatic heterocycles. The quantitative estimate of drug-likeness (QED) is 0.820. The number of carbonyl (C=O) groups excluding carboxylic acids is 2. The van der Waals surface area contributed by atoms with Crippen molar-refractivity contribution in [2.24, 2.45) is 0 Å². The summed E-state index contributed by atoms with van der Waals surface area (Å²) in [5, 5.41) is 5.25. The van der Waals surface area contributed by atoms with E-state index in [1.54, 1.807) is 0 Å². The van der Waals surface area contributed by atoms with E-state index in [0.29, 0.717) is 11.6 Å². The van der Waals surface area contributed by atoms with Crippen LogP contribution in [-0.2, 0) is 9.59 Å². The normalized spacial score (nSPS) is 12.1. The van der Waals surface area contributed by atoms with Gasteiger partial charge in [0.25, 0.3) is 0 Å². The Kier molecular flexibility index (Phi) is 5.55. The van der Waals surface area contributed by atoms with Crippen molar-refractivity contribution in [2.75, 3.05) is 5.32 Å². The van der Waals surface area contributed by atoms with Crippen LogP contribution < -0.4 is 10.6 Å². The zero-order valence-electron chi connectivity index (χ0n) is 12.0. The molecule has 19 heavy (non-hydrogen) atoms. The zero-order chi connectivity index (χ0) is 14.4. The van der Waals surface area contributed by atoms with E-state index >= 15 is 0 Å². The van der Waals surface area contributed by atoms with Gasteiger partial charge in [-0.3, -0.25) is 9.59 Å². The number of carbonyl (C=O) groups is 2. The summed E-state index contributed by atoms with van der Waals surface area (Å²) in [6, 6.07) is 7.53. The minimum Gasteiger partial charge on any atom is -0.346 e. The summed E-state index contributed by atoms with van der Waals surface area (Å²) in [5.41, 5.74) is 1.76. The SMILES string of the molecule is CCC(C)c1ccccc1NC(=O)C(=O)NC(C)C. The van der Waals surface area contributed by atoms with Gasteiger partial charge in [0.1, 0.15) is 0 Å². The first-order chi connectivity index (χ1) is 8.95. The summed E-state index contributed by atoms with van der Waals surface area (Å²) in [6.45, 7) is 7.82. The van der Waals surface area contributed by atoms with Gasteiger partial charge < -0.3 is 10.6 Å². The third-order valence-corrected chi connectivity index (χ3v) is 2.98. The second-order valence-electron chi connectivity index (χ2n) is 4.98.